The minimum atomic E-state index is -1.11. The molecule has 0 saturated carbocycles. The number of carbonyl (C=O) groups excluding carboxylic acids is 2. The van der Waals surface area contributed by atoms with Gasteiger partial charge in [-0.3, -0.25) is 19.7 Å². The number of aliphatic hydroxyl groups excluding tert-OH is 1. The lowest BCUT2D eigenvalue weighted by Gasteiger charge is -1.88. The van der Waals surface area contributed by atoms with Gasteiger partial charge in [-0.25, -0.2) is 0 Å². The maximum Gasteiger partial charge on any atom is 0.318 e. The van der Waals surface area contributed by atoms with E-state index in [1.165, 1.54) is 0 Å². The molecule has 0 aliphatic carbocycles. The first-order valence-corrected chi connectivity index (χ1v) is 3.80. The van der Waals surface area contributed by atoms with Gasteiger partial charge in [0.05, 0.1) is 6.42 Å². The van der Waals surface area contributed by atoms with Crippen LogP contribution in [-0.4, -0.2) is 40.0 Å². The lowest BCUT2D eigenvalue weighted by atomic mass is 10.3. The predicted octanol–water partition coefficient (Wildman–Crippen LogP) is -1.30. The fraction of sp³-hybridized carbons (Fsp3) is 0.500. The van der Waals surface area contributed by atoms with Crippen LogP contribution in [0.5, 0.6) is 0 Å². The first kappa shape index (κ1) is 11.9. The van der Waals surface area contributed by atoms with Crippen molar-refractivity contribution in [3.05, 3.63) is 0 Å². The molecule has 0 aromatic carbocycles. The summed E-state index contributed by atoms with van der Waals surface area (Å²) in [6.07, 6.45) is -1.19. The molecule has 1 fully saturated rings. The molecule has 74 valence electrons. The minimum absolute atomic E-state index is 0.0845. The van der Waals surface area contributed by atoms with Crippen molar-refractivity contribution < 1.29 is 24.6 Å². The van der Waals surface area contributed by atoms with E-state index in [4.69, 9.17) is 21.8 Å². The third-order valence-electron chi connectivity index (χ3n) is 1.06. The van der Waals surface area contributed by atoms with Gasteiger partial charge in [-0.05, 0) is 0 Å². The highest BCUT2D eigenvalue weighted by molar-refractivity contribution is 6.26. The van der Waals surface area contributed by atoms with Gasteiger partial charge in [0.2, 0.25) is 5.91 Å². The average Bonchev–Trinajstić information content (AvgIpc) is 2.31. The fourth-order valence-electron chi connectivity index (χ4n) is 0.540. The minimum Gasteiger partial charge on any atom is -0.480 e. The second-order valence-corrected chi connectivity index (χ2v) is 2.43. The zero-order chi connectivity index (χ0) is 10.4. The molecule has 0 spiro atoms. The van der Waals surface area contributed by atoms with Crippen LogP contribution in [0.25, 0.3) is 0 Å². The Labute approximate surface area is 78.5 Å². The van der Waals surface area contributed by atoms with E-state index >= 15 is 0 Å². The van der Waals surface area contributed by atoms with E-state index in [0.29, 0.717) is 0 Å². The van der Waals surface area contributed by atoms with E-state index in [-0.39, 0.29) is 12.3 Å². The summed E-state index contributed by atoms with van der Waals surface area (Å²) in [5, 5.41) is 18.1. The highest BCUT2D eigenvalue weighted by atomic mass is 35.5. The van der Waals surface area contributed by atoms with E-state index in [1.807, 2.05) is 5.32 Å². The zero-order valence-electron chi connectivity index (χ0n) is 6.49. The van der Waals surface area contributed by atoms with Crippen LogP contribution >= 0.6 is 11.6 Å². The number of carbonyl (C=O) groups is 3. The quantitative estimate of drug-likeness (QED) is 0.368. The van der Waals surface area contributed by atoms with Crippen LogP contribution in [-0.2, 0) is 14.4 Å². The molecular weight excluding hydrogens is 202 g/mol. The fourth-order valence-corrected chi connectivity index (χ4v) is 0.540. The van der Waals surface area contributed by atoms with Crippen LogP contribution in [0, 0.1) is 0 Å². The number of alkyl halides is 1. The number of nitrogens with one attached hydrogen (secondary N) is 1. The van der Waals surface area contributed by atoms with Crippen LogP contribution in [0.2, 0.25) is 0 Å². The van der Waals surface area contributed by atoms with Gasteiger partial charge >= 0.3 is 5.97 Å². The summed E-state index contributed by atoms with van der Waals surface area (Å²) in [7, 11) is 0. The van der Waals surface area contributed by atoms with Crippen LogP contribution in [0.4, 0.5) is 0 Å². The molecule has 1 heterocycles. The number of hydrogen-bond acceptors (Lipinski definition) is 4. The van der Waals surface area contributed by atoms with Gasteiger partial charge in [0.15, 0.2) is 0 Å². The molecule has 6 nitrogen and oxygen atoms in total. The molecular formula is C6H8ClNO5. The molecule has 1 aliphatic rings. The molecule has 1 unspecified atom stereocenters. The molecule has 0 aromatic heterocycles. The van der Waals surface area contributed by atoms with E-state index in [0.717, 1.165) is 0 Å². The molecule has 13 heavy (non-hydrogen) atoms. The number of aliphatic carboxylic acids is 1. The highest BCUT2D eigenvalue weighted by Gasteiger charge is 2.27. The van der Waals surface area contributed by atoms with E-state index < -0.39 is 23.9 Å². The average molecular weight is 210 g/mol. The predicted molar refractivity (Wildman–Crippen MR) is 42.1 cm³/mol. The SMILES string of the molecule is O=C(O)CCl.O=C1CC(O)C(=O)N1. The summed E-state index contributed by atoms with van der Waals surface area (Å²) < 4.78 is 0. The topological polar surface area (TPSA) is 104 Å². The van der Waals surface area contributed by atoms with Gasteiger partial charge in [-0.1, -0.05) is 0 Å². The Morgan fingerprint density at radius 2 is 2.08 bits per heavy atom. The summed E-state index contributed by atoms with van der Waals surface area (Å²) in [6, 6.07) is 0. The Hall–Kier alpha value is -1.14. The molecule has 7 heteroatoms. The van der Waals surface area contributed by atoms with Gasteiger partial charge in [0.1, 0.15) is 12.0 Å². The van der Waals surface area contributed by atoms with Gasteiger partial charge in [0, 0.05) is 0 Å². The van der Waals surface area contributed by atoms with Crippen molar-refractivity contribution in [2.45, 2.75) is 12.5 Å². The van der Waals surface area contributed by atoms with Crippen molar-refractivity contribution in [2.75, 3.05) is 5.88 Å². The monoisotopic (exact) mass is 209 g/mol. The number of amides is 2. The van der Waals surface area contributed by atoms with Crippen LogP contribution < -0.4 is 5.32 Å². The Kier molecular flexibility index (Phi) is 5.01. The second-order valence-electron chi connectivity index (χ2n) is 2.16. The molecule has 0 bridgehead atoms. The first-order valence-electron chi connectivity index (χ1n) is 3.27. The largest absolute Gasteiger partial charge is 0.480 e. The molecule has 1 atom stereocenters. The normalized spacial score (nSPS) is 20.3. The number of aliphatic hydroxyl groups is 1. The summed E-state index contributed by atoms with van der Waals surface area (Å²) in [5.41, 5.74) is 0. The molecule has 1 saturated heterocycles. The zero-order valence-corrected chi connectivity index (χ0v) is 7.24. The maximum atomic E-state index is 10.2. The maximum absolute atomic E-state index is 10.2. The number of carboxylic acid groups (broad SMARTS) is 1. The summed E-state index contributed by atoms with van der Waals surface area (Å²) in [4.78, 5) is 29.6. The van der Waals surface area contributed by atoms with Gasteiger partial charge in [-0.2, -0.15) is 0 Å². The van der Waals surface area contributed by atoms with Gasteiger partial charge in [-0.15, -0.1) is 11.6 Å². The highest BCUT2D eigenvalue weighted by Crippen LogP contribution is 1.98. The third kappa shape index (κ3) is 5.15. The second kappa shape index (κ2) is 5.50. The van der Waals surface area contributed by atoms with E-state index in [9.17, 15) is 14.4 Å². The van der Waals surface area contributed by atoms with Gasteiger partial charge in [0.25, 0.3) is 5.91 Å². The summed E-state index contributed by atoms with van der Waals surface area (Å²) >= 11 is 4.74. The Bertz CT molecular complexity index is 229. The van der Waals surface area contributed by atoms with Crippen molar-refractivity contribution in [3.63, 3.8) is 0 Å². The van der Waals surface area contributed by atoms with E-state index in [1.54, 1.807) is 0 Å². The molecule has 1 aliphatic heterocycles. The standard InChI is InChI=1S/C4H5NO3.C2H3ClO2/c6-2-1-3(7)5-4(2)8;3-1-2(4)5/h2,6H,1H2,(H,5,7,8);1H2,(H,4,5). The van der Waals surface area contributed by atoms with Crippen LogP contribution in [0.3, 0.4) is 0 Å². The third-order valence-corrected chi connectivity index (χ3v) is 1.29. The van der Waals surface area contributed by atoms with Crippen molar-refractivity contribution in [2.24, 2.45) is 0 Å². The molecule has 1 rings (SSSR count). The van der Waals surface area contributed by atoms with Crippen molar-refractivity contribution in [1.29, 1.82) is 0 Å². The number of hydrogen-bond donors (Lipinski definition) is 3. The van der Waals surface area contributed by atoms with Crippen LogP contribution in [0.1, 0.15) is 6.42 Å². The van der Waals surface area contributed by atoms with Crippen molar-refractivity contribution >= 4 is 29.4 Å². The summed E-state index contributed by atoms with van der Waals surface area (Å²) in [6.45, 7) is 0. The number of imide groups is 1. The van der Waals surface area contributed by atoms with Crippen molar-refractivity contribution in [1.82, 2.24) is 5.32 Å². The lowest BCUT2D eigenvalue weighted by Crippen LogP contribution is -2.24. The number of carboxylic acids is 1. The van der Waals surface area contributed by atoms with Crippen LogP contribution in [0.15, 0.2) is 0 Å². The molecule has 2 amide bonds. The number of rotatable bonds is 1. The Morgan fingerprint density at radius 1 is 1.62 bits per heavy atom. The van der Waals surface area contributed by atoms with Gasteiger partial charge < -0.3 is 10.2 Å². The summed E-state index contributed by atoms with van der Waals surface area (Å²) in [5.74, 6) is -2.27. The van der Waals surface area contributed by atoms with E-state index in [2.05, 4.69) is 0 Å². The van der Waals surface area contributed by atoms with Crippen molar-refractivity contribution in [3.8, 4) is 0 Å². The molecule has 3 N–H and O–H groups in total. The smallest absolute Gasteiger partial charge is 0.318 e. The molecule has 0 aromatic rings. The first-order chi connectivity index (χ1) is 5.97. The Morgan fingerprint density at radius 3 is 2.15 bits per heavy atom. The lowest BCUT2D eigenvalue weighted by molar-refractivity contribution is -0.134. The Balaban J connectivity index is 0.000000252. The molecule has 0 radical (unpaired) electrons. The number of halogens is 1.